The monoisotopic (exact) mass is 410 g/mol. The topological polar surface area (TPSA) is 70.0 Å². The third-order valence-electron chi connectivity index (χ3n) is 3.06. The number of halogens is 1. The molecule has 7 heteroatoms. The van der Waals surface area contributed by atoms with Gasteiger partial charge in [0.2, 0.25) is 10.0 Å². The molecule has 120 valence electrons. The van der Waals surface area contributed by atoms with E-state index < -0.39 is 10.0 Å². The summed E-state index contributed by atoms with van der Waals surface area (Å²) in [6, 6.07) is 16.1. The Hall–Kier alpha value is -1.33. The summed E-state index contributed by atoms with van der Waals surface area (Å²) in [5.41, 5.74) is 1.63. The van der Waals surface area contributed by atoms with Gasteiger partial charge < -0.3 is 0 Å². The number of hydrogen-bond donors (Lipinski definition) is 1. The van der Waals surface area contributed by atoms with E-state index in [-0.39, 0.29) is 4.90 Å². The first-order chi connectivity index (χ1) is 11.0. The smallest absolute Gasteiger partial charge is 0.210 e. The molecule has 2 rings (SSSR count). The van der Waals surface area contributed by atoms with Crippen LogP contribution in [-0.2, 0) is 15.8 Å². The Morgan fingerprint density at radius 1 is 1.13 bits per heavy atom. The summed E-state index contributed by atoms with van der Waals surface area (Å²) in [7, 11) is -3.47. The molecule has 0 saturated carbocycles. The fourth-order valence-electron chi connectivity index (χ4n) is 1.88. The van der Waals surface area contributed by atoms with Crippen molar-refractivity contribution in [1.29, 1.82) is 5.26 Å². The minimum Gasteiger partial charge on any atom is -0.210 e. The molecule has 23 heavy (non-hydrogen) atoms. The van der Waals surface area contributed by atoms with Crippen molar-refractivity contribution in [3.8, 4) is 6.07 Å². The third-order valence-corrected chi connectivity index (χ3v) is 6.07. The molecule has 0 aliphatic carbocycles. The van der Waals surface area contributed by atoms with Gasteiger partial charge in [-0.15, -0.1) is 0 Å². The molecule has 0 spiro atoms. The van der Waals surface area contributed by atoms with E-state index in [1.807, 2.05) is 18.2 Å². The van der Waals surface area contributed by atoms with Gasteiger partial charge >= 0.3 is 0 Å². The highest BCUT2D eigenvalue weighted by Crippen LogP contribution is 2.17. The molecule has 4 nitrogen and oxygen atoms in total. The van der Waals surface area contributed by atoms with Crippen LogP contribution >= 0.6 is 27.7 Å². The molecule has 0 fully saturated rings. The van der Waals surface area contributed by atoms with Crippen molar-refractivity contribution in [1.82, 2.24) is 4.72 Å². The van der Waals surface area contributed by atoms with Crippen LogP contribution in [0.15, 0.2) is 57.9 Å². The maximum atomic E-state index is 12.1. The predicted octanol–water partition coefficient (Wildman–Crippen LogP) is 3.53. The molecule has 0 aliphatic heterocycles. The van der Waals surface area contributed by atoms with Gasteiger partial charge in [-0.2, -0.15) is 17.0 Å². The lowest BCUT2D eigenvalue weighted by Gasteiger charge is -2.07. The summed E-state index contributed by atoms with van der Waals surface area (Å²) in [5.74, 6) is 1.32. The second kappa shape index (κ2) is 8.50. The minimum atomic E-state index is -3.47. The van der Waals surface area contributed by atoms with Crippen LogP contribution in [0.5, 0.6) is 0 Å². The van der Waals surface area contributed by atoms with Gasteiger partial charge in [-0.25, -0.2) is 13.1 Å². The van der Waals surface area contributed by atoms with Gasteiger partial charge in [-0.1, -0.05) is 34.1 Å². The molecule has 0 atom stereocenters. The Kier molecular flexibility index (Phi) is 6.66. The van der Waals surface area contributed by atoms with Crippen LogP contribution in [0.4, 0.5) is 0 Å². The molecule has 2 aromatic carbocycles. The van der Waals surface area contributed by atoms with E-state index >= 15 is 0 Å². The van der Waals surface area contributed by atoms with Crippen molar-refractivity contribution >= 4 is 37.7 Å². The van der Waals surface area contributed by atoms with Crippen molar-refractivity contribution in [2.45, 2.75) is 10.6 Å². The van der Waals surface area contributed by atoms with E-state index in [1.165, 1.54) is 0 Å². The highest BCUT2D eigenvalue weighted by molar-refractivity contribution is 9.10. The van der Waals surface area contributed by atoms with Gasteiger partial charge in [0.15, 0.2) is 0 Å². The molecule has 0 unspecified atom stereocenters. The Labute approximate surface area is 149 Å². The molecule has 0 aromatic heterocycles. The summed E-state index contributed by atoms with van der Waals surface area (Å²) in [4.78, 5) is 0.250. The van der Waals surface area contributed by atoms with E-state index in [4.69, 9.17) is 5.26 Å². The fraction of sp³-hybridized carbons (Fsp3) is 0.188. The van der Waals surface area contributed by atoms with Gasteiger partial charge in [0, 0.05) is 22.5 Å². The highest BCUT2D eigenvalue weighted by Gasteiger charge is 2.12. The largest absolute Gasteiger partial charge is 0.240 e. The SMILES string of the molecule is N#Cc1ccccc1CSCCNS(=O)(=O)c1ccc(Br)cc1. The number of hydrogen-bond acceptors (Lipinski definition) is 4. The van der Waals surface area contributed by atoms with Crippen LogP contribution < -0.4 is 4.72 Å². The normalized spacial score (nSPS) is 11.1. The number of benzene rings is 2. The molecule has 0 heterocycles. The van der Waals surface area contributed by atoms with Crippen LogP contribution in [0.25, 0.3) is 0 Å². The molecule has 0 aliphatic rings. The predicted molar refractivity (Wildman–Crippen MR) is 96.6 cm³/mol. The van der Waals surface area contributed by atoms with E-state index in [0.717, 1.165) is 10.0 Å². The Balaban J connectivity index is 1.81. The summed E-state index contributed by atoms with van der Waals surface area (Å²) >= 11 is 4.87. The first-order valence-corrected chi connectivity index (χ1v) is 10.3. The van der Waals surface area contributed by atoms with Crippen molar-refractivity contribution in [3.63, 3.8) is 0 Å². The van der Waals surface area contributed by atoms with Crippen molar-refractivity contribution in [3.05, 3.63) is 64.1 Å². The fourth-order valence-corrected chi connectivity index (χ4v) is 4.17. The number of nitriles is 1. The standard InChI is InChI=1S/C16H15BrN2O2S2/c17-15-5-7-16(8-6-15)23(20,21)19-9-10-22-12-14-4-2-1-3-13(14)11-18/h1-8,19H,9-10,12H2. The average Bonchev–Trinajstić information content (AvgIpc) is 2.55. The van der Waals surface area contributed by atoms with E-state index in [2.05, 4.69) is 26.7 Å². The quantitative estimate of drug-likeness (QED) is 0.708. The molecule has 0 saturated heterocycles. The van der Waals surface area contributed by atoms with E-state index in [1.54, 1.807) is 42.1 Å². The van der Waals surface area contributed by atoms with Gasteiger partial charge in [-0.05, 0) is 35.9 Å². The minimum absolute atomic E-state index is 0.250. The summed E-state index contributed by atoms with van der Waals surface area (Å²) in [5, 5.41) is 9.02. The molecule has 0 bridgehead atoms. The van der Waals surface area contributed by atoms with Crippen molar-refractivity contribution in [2.24, 2.45) is 0 Å². The first kappa shape index (κ1) is 18.0. The van der Waals surface area contributed by atoms with Crippen LogP contribution in [-0.4, -0.2) is 20.7 Å². The molecule has 1 N–H and O–H groups in total. The van der Waals surface area contributed by atoms with Crippen LogP contribution in [0.3, 0.4) is 0 Å². The maximum Gasteiger partial charge on any atom is 0.240 e. The van der Waals surface area contributed by atoms with Crippen molar-refractivity contribution in [2.75, 3.05) is 12.3 Å². The number of rotatable bonds is 7. The Morgan fingerprint density at radius 2 is 1.83 bits per heavy atom. The average molecular weight is 411 g/mol. The molecule has 0 radical (unpaired) electrons. The summed E-state index contributed by atoms with van der Waals surface area (Å²) in [6.07, 6.45) is 0. The lowest BCUT2D eigenvalue weighted by Crippen LogP contribution is -2.26. The van der Waals surface area contributed by atoms with Gasteiger partial charge in [0.05, 0.1) is 16.5 Å². The second-order valence-corrected chi connectivity index (χ2v) is 8.46. The van der Waals surface area contributed by atoms with Gasteiger partial charge in [0.25, 0.3) is 0 Å². The lowest BCUT2D eigenvalue weighted by atomic mass is 10.1. The molecular weight excluding hydrogens is 396 g/mol. The highest BCUT2D eigenvalue weighted by atomic mass is 79.9. The first-order valence-electron chi connectivity index (χ1n) is 6.84. The Bertz CT molecular complexity index is 800. The zero-order valence-corrected chi connectivity index (χ0v) is 15.4. The number of thioether (sulfide) groups is 1. The van der Waals surface area contributed by atoms with Crippen LogP contribution in [0, 0.1) is 11.3 Å². The maximum absolute atomic E-state index is 12.1. The third kappa shape index (κ3) is 5.36. The number of nitrogens with zero attached hydrogens (tertiary/aromatic N) is 1. The lowest BCUT2D eigenvalue weighted by molar-refractivity contribution is 0.584. The number of nitrogens with one attached hydrogen (secondary N) is 1. The molecule has 2 aromatic rings. The van der Waals surface area contributed by atoms with Gasteiger partial charge in [0.1, 0.15) is 0 Å². The molecule has 0 amide bonds. The summed E-state index contributed by atoms with van der Waals surface area (Å²) in [6.45, 7) is 0.345. The second-order valence-electron chi connectivity index (χ2n) is 4.67. The zero-order valence-electron chi connectivity index (χ0n) is 12.2. The zero-order chi connectivity index (χ0) is 16.7. The van der Waals surface area contributed by atoms with E-state index in [9.17, 15) is 8.42 Å². The Morgan fingerprint density at radius 3 is 2.52 bits per heavy atom. The van der Waals surface area contributed by atoms with Crippen LogP contribution in [0.1, 0.15) is 11.1 Å². The van der Waals surface area contributed by atoms with Gasteiger partial charge in [-0.3, -0.25) is 0 Å². The van der Waals surface area contributed by atoms with E-state index in [0.29, 0.717) is 23.6 Å². The number of sulfonamides is 1. The summed E-state index contributed by atoms with van der Waals surface area (Å²) < 4.78 is 27.6. The van der Waals surface area contributed by atoms with Crippen molar-refractivity contribution < 1.29 is 8.42 Å². The van der Waals surface area contributed by atoms with Crippen LogP contribution in [0.2, 0.25) is 0 Å². The molecular formula is C16H15BrN2O2S2.